The number of halogens is 1. The summed E-state index contributed by atoms with van der Waals surface area (Å²) < 4.78 is 5.87. The zero-order valence-corrected chi connectivity index (χ0v) is 13.1. The lowest BCUT2D eigenvalue weighted by molar-refractivity contribution is 0.0992. The molecule has 2 aromatic carbocycles. The Morgan fingerprint density at radius 1 is 1.26 bits per heavy atom. The van der Waals surface area contributed by atoms with E-state index in [4.69, 9.17) is 21.6 Å². The van der Waals surface area contributed by atoms with Crippen molar-refractivity contribution in [2.24, 2.45) is 0 Å². The molecule has 1 N–H and O–H groups in total. The van der Waals surface area contributed by atoms with Crippen molar-refractivity contribution in [2.45, 2.75) is 25.4 Å². The van der Waals surface area contributed by atoms with E-state index in [2.05, 4.69) is 5.32 Å². The fourth-order valence-electron chi connectivity index (χ4n) is 2.31. The lowest BCUT2D eigenvalue weighted by atomic mass is 9.96. The van der Waals surface area contributed by atoms with Gasteiger partial charge in [-0.05, 0) is 49.6 Å². The topological polar surface area (TPSA) is 62.1 Å². The van der Waals surface area contributed by atoms with E-state index < -0.39 is 0 Å². The summed E-state index contributed by atoms with van der Waals surface area (Å²) in [5, 5.41) is 12.0. The number of nitrogens with zero attached hydrogens (tertiary/aromatic N) is 1. The highest BCUT2D eigenvalue weighted by atomic mass is 35.5. The molecular formula is C18H15ClN2O2. The maximum Gasteiger partial charge on any atom is 0.259 e. The van der Waals surface area contributed by atoms with E-state index in [1.54, 1.807) is 36.4 Å². The Labute approximate surface area is 139 Å². The summed E-state index contributed by atoms with van der Waals surface area (Å²) in [4.78, 5) is 12.5. The van der Waals surface area contributed by atoms with Gasteiger partial charge in [0.15, 0.2) is 0 Å². The Morgan fingerprint density at radius 3 is 2.70 bits per heavy atom. The Morgan fingerprint density at radius 2 is 2.04 bits per heavy atom. The van der Waals surface area contributed by atoms with Crippen LogP contribution in [0.25, 0.3) is 0 Å². The number of hydrogen-bond donors (Lipinski definition) is 1. The third-order valence-electron chi connectivity index (χ3n) is 3.82. The summed E-state index contributed by atoms with van der Waals surface area (Å²) in [5.41, 5.74) is 1.40. The molecule has 0 unspecified atom stereocenters. The van der Waals surface area contributed by atoms with Crippen LogP contribution in [0.1, 0.15) is 35.2 Å². The first-order valence-electron chi connectivity index (χ1n) is 7.44. The number of para-hydroxylation sites is 1. The van der Waals surface area contributed by atoms with Crippen LogP contribution in [0, 0.1) is 11.3 Å². The van der Waals surface area contributed by atoms with Crippen molar-refractivity contribution < 1.29 is 9.53 Å². The Balaban J connectivity index is 1.78. The first-order valence-corrected chi connectivity index (χ1v) is 7.82. The maximum atomic E-state index is 12.5. The van der Waals surface area contributed by atoms with Crippen LogP contribution in [-0.4, -0.2) is 12.0 Å². The molecule has 0 spiro atoms. The van der Waals surface area contributed by atoms with Crippen LogP contribution in [0.3, 0.4) is 0 Å². The van der Waals surface area contributed by atoms with Crippen LogP contribution in [0.15, 0.2) is 42.5 Å². The van der Waals surface area contributed by atoms with Gasteiger partial charge in [-0.15, -0.1) is 0 Å². The second-order valence-corrected chi connectivity index (χ2v) is 5.83. The molecule has 0 atom stereocenters. The SMILES string of the molecule is N#Cc1ccc(NC(=O)c2ccccc2OC2CCC2)cc1Cl. The molecule has 0 saturated heterocycles. The van der Waals surface area contributed by atoms with Gasteiger partial charge >= 0.3 is 0 Å². The van der Waals surface area contributed by atoms with E-state index in [1.165, 1.54) is 6.42 Å². The number of hydrogen-bond acceptors (Lipinski definition) is 3. The second-order valence-electron chi connectivity index (χ2n) is 5.43. The van der Waals surface area contributed by atoms with Crippen LogP contribution in [-0.2, 0) is 0 Å². The third kappa shape index (κ3) is 3.46. The number of carbonyl (C=O) groups is 1. The summed E-state index contributed by atoms with van der Waals surface area (Å²) in [7, 11) is 0. The van der Waals surface area contributed by atoms with Crippen molar-refractivity contribution in [3.63, 3.8) is 0 Å². The minimum atomic E-state index is -0.263. The lowest BCUT2D eigenvalue weighted by Crippen LogP contribution is -2.26. The Bertz CT molecular complexity index is 779. The summed E-state index contributed by atoms with van der Waals surface area (Å²) >= 11 is 5.99. The normalized spacial score (nSPS) is 13.7. The number of carbonyl (C=O) groups excluding carboxylic acids is 1. The summed E-state index contributed by atoms with van der Waals surface area (Å²) in [6.45, 7) is 0. The molecule has 0 aliphatic heterocycles. The molecule has 1 amide bonds. The average Bonchev–Trinajstić information content (AvgIpc) is 2.51. The predicted molar refractivity (Wildman–Crippen MR) is 88.8 cm³/mol. The average molecular weight is 327 g/mol. The van der Waals surface area contributed by atoms with Crippen molar-refractivity contribution in [1.29, 1.82) is 5.26 Å². The summed E-state index contributed by atoms with van der Waals surface area (Å²) in [6.07, 6.45) is 3.43. The van der Waals surface area contributed by atoms with Crippen LogP contribution in [0.2, 0.25) is 5.02 Å². The lowest BCUT2D eigenvalue weighted by Gasteiger charge is -2.27. The molecule has 4 nitrogen and oxygen atoms in total. The number of rotatable bonds is 4. The van der Waals surface area contributed by atoms with Crippen LogP contribution in [0.5, 0.6) is 5.75 Å². The molecule has 5 heteroatoms. The summed E-state index contributed by atoms with van der Waals surface area (Å²) in [6, 6.07) is 14.0. The predicted octanol–water partition coefficient (Wildman–Crippen LogP) is 4.40. The van der Waals surface area contributed by atoms with Crippen molar-refractivity contribution in [3.8, 4) is 11.8 Å². The van der Waals surface area contributed by atoms with Gasteiger partial charge in [-0.3, -0.25) is 4.79 Å². The zero-order valence-electron chi connectivity index (χ0n) is 12.4. The van der Waals surface area contributed by atoms with Gasteiger partial charge in [0.2, 0.25) is 0 Å². The van der Waals surface area contributed by atoms with Gasteiger partial charge in [0.1, 0.15) is 11.8 Å². The monoisotopic (exact) mass is 326 g/mol. The summed E-state index contributed by atoms with van der Waals surface area (Å²) in [5.74, 6) is 0.329. The fraction of sp³-hybridized carbons (Fsp3) is 0.222. The van der Waals surface area contributed by atoms with E-state index in [-0.39, 0.29) is 12.0 Å². The molecule has 3 rings (SSSR count). The van der Waals surface area contributed by atoms with Crippen molar-refractivity contribution in [3.05, 3.63) is 58.6 Å². The number of nitriles is 1. The van der Waals surface area contributed by atoms with E-state index in [1.807, 2.05) is 12.1 Å². The van der Waals surface area contributed by atoms with Gasteiger partial charge in [0.25, 0.3) is 5.91 Å². The largest absolute Gasteiger partial charge is 0.490 e. The highest BCUT2D eigenvalue weighted by Gasteiger charge is 2.22. The zero-order chi connectivity index (χ0) is 16.2. The van der Waals surface area contributed by atoms with Gasteiger partial charge in [0, 0.05) is 5.69 Å². The molecule has 0 bridgehead atoms. The highest BCUT2D eigenvalue weighted by molar-refractivity contribution is 6.32. The van der Waals surface area contributed by atoms with E-state index in [0.29, 0.717) is 27.6 Å². The molecule has 1 aliphatic rings. The minimum absolute atomic E-state index is 0.202. The Kier molecular flexibility index (Phi) is 4.50. The number of ether oxygens (including phenoxy) is 1. The van der Waals surface area contributed by atoms with Gasteiger partial charge < -0.3 is 10.1 Å². The van der Waals surface area contributed by atoms with Gasteiger partial charge in [0.05, 0.1) is 22.3 Å². The van der Waals surface area contributed by atoms with E-state index in [9.17, 15) is 4.79 Å². The molecule has 1 fully saturated rings. The molecular weight excluding hydrogens is 312 g/mol. The van der Waals surface area contributed by atoms with E-state index >= 15 is 0 Å². The van der Waals surface area contributed by atoms with Crippen LogP contribution in [0.4, 0.5) is 5.69 Å². The molecule has 1 saturated carbocycles. The first-order chi connectivity index (χ1) is 11.2. The fourth-order valence-corrected chi connectivity index (χ4v) is 2.53. The van der Waals surface area contributed by atoms with Gasteiger partial charge in [-0.2, -0.15) is 5.26 Å². The van der Waals surface area contributed by atoms with Gasteiger partial charge in [-0.1, -0.05) is 23.7 Å². The molecule has 1 aliphatic carbocycles. The first kappa shape index (κ1) is 15.4. The third-order valence-corrected chi connectivity index (χ3v) is 4.14. The van der Waals surface area contributed by atoms with Crippen LogP contribution >= 0.6 is 11.6 Å². The number of benzene rings is 2. The van der Waals surface area contributed by atoms with Crippen molar-refractivity contribution in [1.82, 2.24) is 0 Å². The molecule has 23 heavy (non-hydrogen) atoms. The number of anilines is 1. The minimum Gasteiger partial charge on any atom is -0.490 e. The smallest absolute Gasteiger partial charge is 0.259 e. The molecule has 0 heterocycles. The van der Waals surface area contributed by atoms with Crippen LogP contribution < -0.4 is 10.1 Å². The standard InChI is InChI=1S/C18H15ClN2O2/c19-16-10-13(9-8-12(16)11-20)21-18(22)15-6-1-2-7-17(15)23-14-4-3-5-14/h1-2,6-10,14H,3-5H2,(H,21,22). The molecule has 0 aromatic heterocycles. The Hall–Kier alpha value is -2.51. The molecule has 0 radical (unpaired) electrons. The highest BCUT2D eigenvalue weighted by Crippen LogP contribution is 2.28. The van der Waals surface area contributed by atoms with E-state index in [0.717, 1.165) is 12.8 Å². The van der Waals surface area contributed by atoms with Crippen molar-refractivity contribution in [2.75, 3.05) is 5.32 Å². The second kappa shape index (κ2) is 6.72. The number of nitrogens with one attached hydrogen (secondary N) is 1. The quantitative estimate of drug-likeness (QED) is 0.906. The molecule has 116 valence electrons. The number of amides is 1. The van der Waals surface area contributed by atoms with Crippen molar-refractivity contribution >= 4 is 23.2 Å². The maximum absolute atomic E-state index is 12.5. The molecule has 2 aromatic rings. The van der Waals surface area contributed by atoms with Gasteiger partial charge in [-0.25, -0.2) is 0 Å².